The summed E-state index contributed by atoms with van der Waals surface area (Å²) in [5.74, 6) is 1.04. The summed E-state index contributed by atoms with van der Waals surface area (Å²) in [6, 6.07) is 0. The third-order valence-electron chi connectivity index (χ3n) is 4.02. The summed E-state index contributed by atoms with van der Waals surface area (Å²) in [6.07, 6.45) is 3.15. The molecule has 0 saturated carbocycles. The molecule has 1 aliphatic heterocycles. The maximum Gasteiger partial charge on any atom is 0.269 e. The molecule has 0 bridgehead atoms. The van der Waals surface area contributed by atoms with Gasteiger partial charge in [0.05, 0.1) is 6.20 Å². The van der Waals surface area contributed by atoms with Crippen molar-refractivity contribution in [1.29, 1.82) is 0 Å². The fraction of sp³-hybridized carbons (Fsp3) is 0.667. The first-order valence-corrected chi connectivity index (χ1v) is 8.55. The number of hydrogen-bond acceptors (Lipinski definition) is 8. The standard InChI is InChI=1S/C15H21N3O4S/c1-4-21-10(2)13-16-9-11(23-13)12-17-14(18-22-12)15(19-3)5-7-20-8-6-15/h9-10H,4-8H2,1-3H3/t10-/m0/s1. The highest BCUT2D eigenvalue weighted by Gasteiger charge is 2.39. The van der Waals surface area contributed by atoms with E-state index in [0.29, 0.717) is 31.5 Å². The van der Waals surface area contributed by atoms with Gasteiger partial charge >= 0.3 is 0 Å². The summed E-state index contributed by atoms with van der Waals surface area (Å²) in [4.78, 5) is 9.76. The monoisotopic (exact) mass is 339 g/mol. The van der Waals surface area contributed by atoms with Crippen molar-refractivity contribution in [2.45, 2.75) is 38.4 Å². The van der Waals surface area contributed by atoms with Crippen LogP contribution in [0.3, 0.4) is 0 Å². The van der Waals surface area contributed by atoms with Crippen LogP contribution in [-0.4, -0.2) is 42.1 Å². The first-order chi connectivity index (χ1) is 11.2. The Hall–Kier alpha value is -1.35. The molecule has 0 N–H and O–H groups in total. The molecule has 0 amide bonds. The topological polar surface area (TPSA) is 79.5 Å². The molecule has 2 aromatic rings. The van der Waals surface area contributed by atoms with E-state index in [1.54, 1.807) is 13.3 Å². The van der Waals surface area contributed by atoms with Crippen molar-refractivity contribution in [1.82, 2.24) is 15.1 Å². The molecule has 0 spiro atoms. The molecule has 2 aromatic heterocycles. The molecule has 1 aliphatic rings. The van der Waals surface area contributed by atoms with E-state index < -0.39 is 5.60 Å². The number of nitrogens with zero attached hydrogens (tertiary/aromatic N) is 3. The van der Waals surface area contributed by atoms with Crippen LogP contribution < -0.4 is 0 Å². The van der Waals surface area contributed by atoms with Gasteiger partial charge in [0.25, 0.3) is 5.89 Å². The summed E-state index contributed by atoms with van der Waals surface area (Å²) in [7, 11) is 1.68. The Morgan fingerprint density at radius 3 is 2.87 bits per heavy atom. The molecule has 3 heterocycles. The van der Waals surface area contributed by atoms with Crippen LogP contribution in [0.25, 0.3) is 10.8 Å². The van der Waals surface area contributed by atoms with E-state index in [2.05, 4.69) is 15.1 Å². The number of thiazole rings is 1. The molecule has 1 atom stereocenters. The van der Waals surface area contributed by atoms with E-state index in [1.807, 2.05) is 13.8 Å². The van der Waals surface area contributed by atoms with Gasteiger partial charge < -0.3 is 18.7 Å². The molecule has 0 unspecified atom stereocenters. The van der Waals surface area contributed by atoms with Crippen molar-refractivity contribution >= 4 is 11.3 Å². The molecule has 126 valence electrons. The van der Waals surface area contributed by atoms with Gasteiger partial charge in [-0.2, -0.15) is 4.98 Å². The zero-order valence-corrected chi connectivity index (χ0v) is 14.4. The number of aromatic nitrogens is 3. The average Bonchev–Trinajstić information content (AvgIpc) is 3.25. The number of hydrogen-bond donors (Lipinski definition) is 0. The Bertz CT molecular complexity index is 636. The van der Waals surface area contributed by atoms with Gasteiger partial charge in [-0.1, -0.05) is 5.16 Å². The average molecular weight is 339 g/mol. The van der Waals surface area contributed by atoms with E-state index in [-0.39, 0.29) is 6.10 Å². The lowest BCUT2D eigenvalue weighted by Crippen LogP contribution is -2.36. The Morgan fingerprint density at radius 2 is 2.17 bits per heavy atom. The van der Waals surface area contributed by atoms with Crippen molar-refractivity contribution < 1.29 is 18.7 Å². The van der Waals surface area contributed by atoms with E-state index in [0.717, 1.165) is 22.7 Å². The van der Waals surface area contributed by atoms with E-state index in [1.165, 1.54) is 11.3 Å². The molecule has 3 rings (SSSR count). The maximum atomic E-state index is 5.69. The third-order valence-corrected chi connectivity index (χ3v) is 5.17. The third kappa shape index (κ3) is 3.30. The minimum atomic E-state index is -0.522. The second kappa shape index (κ2) is 7.04. The second-order valence-electron chi connectivity index (χ2n) is 5.39. The van der Waals surface area contributed by atoms with Gasteiger partial charge in [-0.25, -0.2) is 4.98 Å². The fourth-order valence-corrected chi connectivity index (χ4v) is 3.46. The van der Waals surface area contributed by atoms with Crippen molar-refractivity contribution in [2.75, 3.05) is 26.9 Å². The Labute approximate surface area is 139 Å². The molecule has 0 aliphatic carbocycles. The van der Waals surface area contributed by atoms with Gasteiger partial charge in [0.2, 0.25) is 5.82 Å². The summed E-state index contributed by atoms with van der Waals surface area (Å²) < 4.78 is 22.1. The van der Waals surface area contributed by atoms with Gasteiger partial charge in [-0.15, -0.1) is 11.3 Å². The van der Waals surface area contributed by atoms with E-state index in [9.17, 15) is 0 Å². The quantitative estimate of drug-likeness (QED) is 0.800. The molecular weight excluding hydrogens is 318 g/mol. The summed E-state index contributed by atoms with van der Waals surface area (Å²) in [5, 5.41) is 5.03. The van der Waals surface area contributed by atoms with Crippen molar-refractivity contribution in [3.8, 4) is 10.8 Å². The molecule has 8 heteroatoms. The highest BCUT2D eigenvalue weighted by atomic mass is 32.1. The maximum absolute atomic E-state index is 5.69. The van der Waals surface area contributed by atoms with E-state index in [4.69, 9.17) is 18.7 Å². The van der Waals surface area contributed by atoms with Crippen LogP contribution in [-0.2, 0) is 19.8 Å². The number of methoxy groups -OCH3 is 1. The fourth-order valence-electron chi connectivity index (χ4n) is 2.62. The van der Waals surface area contributed by atoms with Crippen molar-refractivity contribution in [3.05, 3.63) is 17.0 Å². The summed E-state index contributed by atoms with van der Waals surface area (Å²) >= 11 is 1.50. The smallest absolute Gasteiger partial charge is 0.269 e. The predicted octanol–water partition coefficient (Wildman–Crippen LogP) is 2.94. The number of ether oxygens (including phenoxy) is 3. The minimum absolute atomic E-state index is 0.0399. The second-order valence-corrected chi connectivity index (χ2v) is 6.46. The van der Waals surface area contributed by atoms with Crippen LogP contribution in [0.5, 0.6) is 0 Å². The van der Waals surface area contributed by atoms with Crippen LogP contribution in [0.4, 0.5) is 0 Å². The van der Waals surface area contributed by atoms with Crippen LogP contribution in [0.2, 0.25) is 0 Å². The molecule has 7 nitrogen and oxygen atoms in total. The zero-order chi connectivity index (χ0) is 16.3. The van der Waals surface area contributed by atoms with E-state index >= 15 is 0 Å². The zero-order valence-electron chi connectivity index (χ0n) is 13.6. The normalized spacial score (nSPS) is 18.9. The van der Waals surface area contributed by atoms with Gasteiger partial charge in [-0.3, -0.25) is 0 Å². The molecule has 0 aromatic carbocycles. The largest absolute Gasteiger partial charge is 0.381 e. The van der Waals surface area contributed by atoms with Crippen LogP contribution >= 0.6 is 11.3 Å². The number of rotatable bonds is 6. The Kier molecular flexibility index (Phi) is 5.05. The summed E-state index contributed by atoms with van der Waals surface area (Å²) in [6.45, 7) is 5.86. The molecule has 0 radical (unpaired) electrons. The highest BCUT2D eigenvalue weighted by Crippen LogP contribution is 2.36. The lowest BCUT2D eigenvalue weighted by atomic mass is 9.93. The first-order valence-electron chi connectivity index (χ1n) is 7.73. The van der Waals surface area contributed by atoms with Crippen LogP contribution in [0.1, 0.15) is 43.6 Å². The lowest BCUT2D eigenvalue weighted by molar-refractivity contribution is -0.101. The van der Waals surface area contributed by atoms with Crippen molar-refractivity contribution in [2.24, 2.45) is 0 Å². The van der Waals surface area contributed by atoms with Crippen LogP contribution in [0, 0.1) is 0 Å². The minimum Gasteiger partial charge on any atom is -0.381 e. The first kappa shape index (κ1) is 16.5. The van der Waals surface area contributed by atoms with Gasteiger partial charge in [0.15, 0.2) is 0 Å². The van der Waals surface area contributed by atoms with Gasteiger partial charge in [0, 0.05) is 39.8 Å². The van der Waals surface area contributed by atoms with Crippen LogP contribution in [0.15, 0.2) is 10.7 Å². The molecule has 23 heavy (non-hydrogen) atoms. The Balaban J connectivity index is 1.81. The molecule has 1 saturated heterocycles. The molecular formula is C15H21N3O4S. The predicted molar refractivity (Wildman–Crippen MR) is 84.2 cm³/mol. The van der Waals surface area contributed by atoms with Crippen molar-refractivity contribution in [3.63, 3.8) is 0 Å². The SMILES string of the molecule is CCO[C@@H](C)c1ncc(-c2nc(C3(OC)CCOCC3)no2)s1. The summed E-state index contributed by atoms with van der Waals surface area (Å²) in [5.41, 5.74) is -0.522. The van der Waals surface area contributed by atoms with Gasteiger partial charge in [-0.05, 0) is 13.8 Å². The van der Waals surface area contributed by atoms with Gasteiger partial charge in [0.1, 0.15) is 21.6 Å². The lowest BCUT2D eigenvalue weighted by Gasteiger charge is -2.32. The highest BCUT2D eigenvalue weighted by molar-refractivity contribution is 7.15. The Morgan fingerprint density at radius 1 is 1.39 bits per heavy atom. The molecule has 1 fully saturated rings.